The van der Waals surface area contributed by atoms with Crippen LogP contribution in [0.2, 0.25) is 5.02 Å². The maximum atomic E-state index is 12.9. The largest absolute Gasteiger partial charge is 0.356 e. The third-order valence-corrected chi connectivity index (χ3v) is 5.60. The lowest BCUT2D eigenvalue weighted by molar-refractivity contribution is -0.126. The van der Waals surface area contributed by atoms with Crippen molar-refractivity contribution in [2.24, 2.45) is 11.8 Å². The van der Waals surface area contributed by atoms with E-state index in [-0.39, 0.29) is 23.6 Å². The van der Waals surface area contributed by atoms with Crippen LogP contribution in [-0.4, -0.2) is 42.3 Å². The van der Waals surface area contributed by atoms with E-state index in [0.29, 0.717) is 47.4 Å². The van der Waals surface area contributed by atoms with Crippen LogP contribution in [0.1, 0.15) is 47.4 Å². The van der Waals surface area contributed by atoms with Crippen LogP contribution in [-0.2, 0) is 4.79 Å². The number of piperidine rings is 1. The summed E-state index contributed by atoms with van der Waals surface area (Å²) in [6, 6.07) is 13.6. The number of anilines is 1. The molecule has 1 atom stereocenters. The molecule has 0 saturated carbocycles. The molecule has 0 aliphatic carbocycles. The second kappa shape index (κ2) is 10.4. The zero-order valence-electron chi connectivity index (χ0n) is 17.9. The number of rotatable bonds is 6. The normalized spacial score (nSPS) is 16.1. The smallest absolute Gasteiger partial charge is 0.257 e. The van der Waals surface area contributed by atoms with Crippen LogP contribution < -0.4 is 10.6 Å². The minimum Gasteiger partial charge on any atom is -0.356 e. The standard InChI is InChI=1S/C24H28ClN3O3/c1-16(2)14-26-22(29)18-6-5-13-28(15-18)24(31)17-9-11-19(12-10-17)27-23(30)20-7-3-4-8-21(20)25/h3-4,7-12,16,18H,5-6,13-15H2,1-2H3,(H,26,29)(H,27,30)/t18-/m1/s1. The number of amides is 3. The third-order valence-electron chi connectivity index (χ3n) is 5.27. The Morgan fingerprint density at radius 1 is 1.10 bits per heavy atom. The number of carbonyl (C=O) groups is 3. The van der Waals surface area contributed by atoms with Crippen LogP contribution in [0.5, 0.6) is 0 Å². The molecule has 3 rings (SSSR count). The van der Waals surface area contributed by atoms with Gasteiger partial charge < -0.3 is 15.5 Å². The predicted octanol–water partition coefficient (Wildman–Crippen LogP) is 4.22. The Kier molecular flexibility index (Phi) is 7.69. The molecule has 2 aromatic carbocycles. The van der Waals surface area contributed by atoms with Crippen molar-refractivity contribution < 1.29 is 14.4 Å². The number of carbonyl (C=O) groups excluding carboxylic acids is 3. The quantitative estimate of drug-likeness (QED) is 0.704. The van der Waals surface area contributed by atoms with Gasteiger partial charge in [0.05, 0.1) is 16.5 Å². The van der Waals surface area contributed by atoms with Gasteiger partial charge in [0.25, 0.3) is 11.8 Å². The SMILES string of the molecule is CC(C)CNC(=O)[C@@H]1CCCN(C(=O)c2ccc(NC(=O)c3ccccc3Cl)cc2)C1. The van der Waals surface area contributed by atoms with Crippen molar-refractivity contribution in [3.63, 3.8) is 0 Å². The molecule has 1 aliphatic rings. The van der Waals surface area contributed by atoms with Crippen LogP contribution in [0, 0.1) is 11.8 Å². The Morgan fingerprint density at radius 2 is 1.81 bits per heavy atom. The highest BCUT2D eigenvalue weighted by molar-refractivity contribution is 6.34. The zero-order chi connectivity index (χ0) is 22.4. The Hall–Kier alpha value is -2.86. The molecule has 2 aromatic rings. The highest BCUT2D eigenvalue weighted by Gasteiger charge is 2.28. The predicted molar refractivity (Wildman–Crippen MR) is 122 cm³/mol. The first-order chi connectivity index (χ1) is 14.8. The molecule has 31 heavy (non-hydrogen) atoms. The molecule has 1 aliphatic heterocycles. The monoisotopic (exact) mass is 441 g/mol. The minimum absolute atomic E-state index is 0.0174. The van der Waals surface area contributed by atoms with Crippen molar-refractivity contribution in [3.05, 3.63) is 64.7 Å². The first-order valence-electron chi connectivity index (χ1n) is 10.6. The average Bonchev–Trinajstić information content (AvgIpc) is 2.77. The topological polar surface area (TPSA) is 78.5 Å². The lowest BCUT2D eigenvalue weighted by Crippen LogP contribution is -2.46. The van der Waals surface area contributed by atoms with Crippen molar-refractivity contribution >= 4 is 35.0 Å². The van der Waals surface area contributed by atoms with Gasteiger partial charge in [-0.05, 0) is 55.2 Å². The van der Waals surface area contributed by atoms with E-state index >= 15 is 0 Å². The number of halogens is 1. The van der Waals surface area contributed by atoms with Crippen molar-refractivity contribution in [1.82, 2.24) is 10.2 Å². The second-order valence-electron chi connectivity index (χ2n) is 8.24. The van der Waals surface area contributed by atoms with Crippen LogP contribution in [0.4, 0.5) is 5.69 Å². The summed E-state index contributed by atoms with van der Waals surface area (Å²) < 4.78 is 0. The van der Waals surface area contributed by atoms with Gasteiger partial charge in [0, 0.05) is 30.9 Å². The van der Waals surface area contributed by atoms with E-state index < -0.39 is 0 Å². The molecule has 0 radical (unpaired) electrons. The molecule has 0 bridgehead atoms. The van der Waals surface area contributed by atoms with E-state index in [1.807, 2.05) is 0 Å². The van der Waals surface area contributed by atoms with Gasteiger partial charge in [0.2, 0.25) is 5.91 Å². The fourth-order valence-corrected chi connectivity index (χ4v) is 3.77. The first-order valence-corrected chi connectivity index (χ1v) is 11.0. The van der Waals surface area contributed by atoms with E-state index in [9.17, 15) is 14.4 Å². The molecule has 1 heterocycles. The van der Waals surface area contributed by atoms with Crippen LogP contribution in [0.3, 0.4) is 0 Å². The van der Waals surface area contributed by atoms with E-state index in [0.717, 1.165) is 12.8 Å². The van der Waals surface area contributed by atoms with E-state index in [1.54, 1.807) is 53.4 Å². The second-order valence-corrected chi connectivity index (χ2v) is 8.65. The summed E-state index contributed by atoms with van der Waals surface area (Å²) >= 11 is 6.07. The van der Waals surface area contributed by atoms with Gasteiger partial charge in [-0.25, -0.2) is 0 Å². The highest BCUT2D eigenvalue weighted by Crippen LogP contribution is 2.21. The summed E-state index contributed by atoms with van der Waals surface area (Å²) in [6.07, 6.45) is 1.60. The van der Waals surface area contributed by atoms with E-state index in [4.69, 9.17) is 11.6 Å². The van der Waals surface area contributed by atoms with E-state index in [2.05, 4.69) is 24.5 Å². The lowest BCUT2D eigenvalue weighted by atomic mass is 9.96. The molecule has 164 valence electrons. The highest BCUT2D eigenvalue weighted by atomic mass is 35.5. The Morgan fingerprint density at radius 3 is 2.48 bits per heavy atom. The fourth-order valence-electron chi connectivity index (χ4n) is 3.55. The molecule has 6 nitrogen and oxygen atoms in total. The molecule has 0 aromatic heterocycles. The Bertz CT molecular complexity index is 943. The Labute approximate surface area is 188 Å². The third kappa shape index (κ3) is 6.07. The van der Waals surface area contributed by atoms with Gasteiger partial charge >= 0.3 is 0 Å². The maximum Gasteiger partial charge on any atom is 0.257 e. The number of likely N-dealkylation sites (tertiary alicyclic amines) is 1. The van der Waals surface area contributed by atoms with Gasteiger partial charge in [-0.1, -0.05) is 37.6 Å². The number of hydrogen-bond acceptors (Lipinski definition) is 3. The Balaban J connectivity index is 1.60. The fraction of sp³-hybridized carbons (Fsp3) is 0.375. The van der Waals surface area contributed by atoms with Crippen molar-refractivity contribution in [3.8, 4) is 0 Å². The molecule has 0 unspecified atom stereocenters. The summed E-state index contributed by atoms with van der Waals surface area (Å²) in [6.45, 7) is 5.81. The summed E-state index contributed by atoms with van der Waals surface area (Å²) in [5.41, 5.74) is 1.49. The summed E-state index contributed by atoms with van der Waals surface area (Å²) in [5.74, 6) is -0.182. The molecular weight excluding hydrogens is 414 g/mol. The van der Waals surface area contributed by atoms with Crippen LogP contribution in [0.15, 0.2) is 48.5 Å². The molecule has 2 N–H and O–H groups in total. The molecule has 1 saturated heterocycles. The minimum atomic E-state index is -0.309. The molecule has 7 heteroatoms. The van der Waals surface area contributed by atoms with Crippen molar-refractivity contribution in [2.75, 3.05) is 25.0 Å². The lowest BCUT2D eigenvalue weighted by Gasteiger charge is -2.32. The number of hydrogen-bond donors (Lipinski definition) is 2. The molecule has 3 amide bonds. The average molecular weight is 442 g/mol. The summed E-state index contributed by atoms with van der Waals surface area (Å²) in [7, 11) is 0. The van der Waals surface area contributed by atoms with Crippen LogP contribution in [0.25, 0.3) is 0 Å². The molecule has 1 fully saturated rings. The zero-order valence-corrected chi connectivity index (χ0v) is 18.6. The maximum absolute atomic E-state index is 12.9. The van der Waals surface area contributed by atoms with Crippen molar-refractivity contribution in [1.29, 1.82) is 0 Å². The number of benzene rings is 2. The summed E-state index contributed by atoms with van der Waals surface area (Å²) in [4.78, 5) is 39.4. The van der Waals surface area contributed by atoms with Crippen LogP contribution >= 0.6 is 11.6 Å². The molecule has 0 spiro atoms. The molecular formula is C24H28ClN3O3. The summed E-state index contributed by atoms with van der Waals surface area (Å²) in [5, 5.41) is 6.13. The van der Waals surface area contributed by atoms with Gasteiger partial charge in [-0.3, -0.25) is 14.4 Å². The van der Waals surface area contributed by atoms with E-state index in [1.165, 1.54) is 0 Å². The van der Waals surface area contributed by atoms with Gasteiger partial charge in [-0.2, -0.15) is 0 Å². The van der Waals surface area contributed by atoms with Gasteiger partial charge in [-0.15, -0.1) is 0 Å². The number of nitrogens with one attached hydrogen (secondary N) is 2. The number of nitrogens with zero attached hydrogens (tertiary/aromatic N) is 1. The van der Waals surface area contributed by atoms with Gasteiger partial charge in [0.1, 0.15) is 0 Å². The van der Waals surface area contributed by atoms with Gasteiger partial charge in [0.15, 0.2) is 0 Å². The van der Waals surface area contributed by atoms with Crippen molar-refractivity contribution in [2.45, 2.75) is 26.7 Å². The first kappa shape index (κ1) is 22.8.